The Balaban J connectivity index is 2.46. The summed E-state index contributed by atoms with van der Waals surface area (Å²) < 4.78 is 22.7. The zero-order chi connectivity index (χ0) is 13.3. The van der Waals surface area contributed by atoms with E-state index in [0.29, 0.717) is 5.69 Å². The molecule has 1 aromatic heterocycles. The largest absolute Gasteiger partial charge is 0.368 e. The molecule has 6 heteroatoms. The highest BCUT2D eigenvalue weighted by atomic mass is 32.2. The fourth-order valence-corrected chi connectivity index (χ4v) is 2.24. The summed E-state index contributed by atoms with van der Waals surface area (Å²) in [6.45, 7) is 1.83. The quantitative estimate of drug-likeness (QED) is 0.886. The minimum atomic E-state index is -3.18. The van der Waals surface area contributed by atoms with E-state index in [1.165, 1.54) is 6.26 Å². The Kier molecular flexibility index (Phi) is 3.04. The summed E-state index contributed by atoms with van der Waals surface area (Å²) in [5.74, 6) is 0.206. The first-order valence-electron chi connectivity index (χ1n) is 5.28. The number of aryl methyl sites for hydroxylation is 1. The van der Waals surface area contributed by atoms with Crippen LogP contribution in [-0.4, -0.2) is 24.6 Å². The lowest BCUT2D eigenvalue weighted by Crippen LogP contribution is -1.99. The molecule has 0 aliphatic carbocycles. The van der Waals surface area contributed by atoms with E-state index in [1.807, 2.05) is 6.92 Å². The molecule has 94 valence electrons. The second-order valence-corrected chi connectivity index (χ2v) is 6.07. The molecule has 0 bridgehead atoms. The van der Waals surface area contributed by atoms with Crippen LogP contribution in [-0.2, 0) is 9.84 Å². The molecule has 0 spiro atoms. The Bertz CT molecular complexity index is 659. The number of nitrogens with zero attached hydrogens (tertiary/aromatic N) is 2. The number of hydrogen-bond donors (Lipinski definition) is 1. The van der Waals surface area contributed by atoms with Crippen LogP contribution in [0.4, 0.5) is 5.95 Å². The third-order valence-electron chi connectivity index (χ3n) is 2.45. The van der Waals surface area contributed by atoms with Gasteiger partial charge in [0.15, 0.2) is 9.84 Å². The van der Waals surface area contributed by atoms with Crippen molar-refractivity contribution in [3.8, 4) is 11.3 Å². The van der Waals surface area contributed by atoms with Crippen LogP contribution >= 0.6 is 0 Å². The maximum absolute atomic E-state index is 11.3. The first-order valence-corrected chi connectivity index (χ1v) is 7.17. The van der Waals surface area contributed by atoms with Crippen LogP contribution in [0.5, 0.6) is 0 Å². The van der Waals surface area contributed by atoms with Gasteiger partial charge in [0.2, 0.25) is 5.95 Å². The van der Waals surface area contributed by atoms with Crippen molar-refractivity contribution in [3.05, 3.63) is 36.0 Å². The number of nitrogens with two attached hydrogens (primary N) is 1. The Labute approximate surface area is 106 Å². The van der Waals surface area contributed by atoms with Crippen LogP contribution in [0.15, 0.2) is 35.2 Å². The van der Waals surface area contributed by atoms with Crippen LogP contribution < -0.4 is 5.73 Å². The molecule has 2 N–H and O–H groups in total. The van der Waals surface area contributed by atoms with Crippen LogP contribution in [0.3, 0.4) is 0 Å². The second kappa shape index (κ2) is 4.38. The van der Waals surface area contributed by atoms with Gasteiger partial charge in [0.05, 0.1) is 10.6 Å². The number of benzene rings is 1. The van der Waals surface area contributed by atoms with Crippen molar-refractivity contribution in [2.75, 3.05) is 12.0 Å². The highest BCUT2D eigenvalue weighted by Gasteiger charge is 2.08. The zero-order valence-corrected chi connectivity index (χ0v) is 10.9. The van der Waals surface area contributed by atoms with Crippen LogP contribution in [0.25, 0.3) is 11.3 Å². The van der Waals surface area contributed by atoms with Crippen molar-refractivity contribution in [1.82, 2.24) is 9.97 Å². The fourth-order valence-electron chi connectivity index (χ4n) is 1.61. The van der Waals surface area contributed by atoms with Gasteiger partial charge in [-0.15, -0.1) is 0 Å². The van der Waals surface area contributed by atoms with E-state index in [-0.39, 0.29) is 10.8 Å². The maximum Gasteiger partial charge on any atom is 0.220 e. The predicted octanol–water partition coefficient (Wildman–Crippen LogP) is 1.44. The summed E-state index contributed by atoms with van der Waals surface area (Å²) in [7, 11) is -3.18. The van der Waals surface area contributed by atoms with Gasteiger partial charge in [-0.3, -0.25) is 0 Å². The van der Waals surface area contributed by atoms with Gasteiger partial charge < -0.3 is 5.73 Å². The highest BCUT2D eigenvalue weighted by Crippen LogP contribution is 2.20. The van der Waals surface area contributed by atoms with Gasteiger partial charge in [-0.1, -0.05) is 12.1 Å². The topological polar surface area (TPSA) is 85.9 Å². The van der Waals surface area contributed by atoms with Gasteiger partial charge in [0.25, 0.3) is 0 Å². The normalized spacial score (nSPS) is 11.4. The van der Waals surface area contributed by atoms with Crippen LogP contribution in [0, 0.1) is 6.92 Å². The molecule has 0 radical (unpaired) electrons. The molecule has 1 aromatic carbocycles. The highest BCUT2D eigenvalue weighted by molar-refractivity contribution is 7.90. The third-order valence-corrected chi connectivity index (χ3v) is 3.58. The molecule has 0 atom stereocenters. The van der Waals surface area contributed by atoms with E-state index < -0.39 is 9.84 Å². The molecule has 18 heavy (non-hydrogen) atoms. The Morgan fingerprint density at radius 3 is 2.22 bits per heavy atom. The molecule has 0 fully saturated rings. The van der Waals surface area contributed by atoms with E-state index in [9.17, 15) is 8.42 Å². The Hall–Kier alpha value is -1.95. The van der Waals surface area contributed by atoms with Gasteiger partial charge in [-0.2, -0.15) is 0 Å². The standard InChI is InChI=1S/C12H13N3O2S/c1-8-7-11(15-12(13)14-8)9-3-5-10(6-4-9)18(2,16)17/h3-7H,1-2H3,(H2,13,14,15). The fraction of sp³-hybridized carbons (Fsp3) is 0.167. The summed E-state index contributed by atoms with van der Waals surface area (Å²) >= 11 is 0. The van der Waals surface area contributed by atoms with Gasteiger partial charge >= 0.3 is 0 Å². The number of nitrogen functional groups attached to an aromatic ring is 1. The molecule has 0 unspecified atom stereocenters. The zero-order valence-electron chi connectivity index (χ0n) is 10.1. The molecule has 0 amide bonds. The second-order valence-electron chi connectivity index (χ2n) is 4.05. The van der Waals surface area contributed by atoms with Gasteiger partial charge in [-0.25, -0.2) is 18.4 Å². The van der Waals surface area contributed by atoms with Crippen molar-refractivity contribution in [1.29, 1.82) is 0 Å². The van der Waals surface area contributed by atoms with Crippen LogP contribution in [0.2, 0.25) is 0 Å². The molecule has 0 saturated heterocycles. The van der Waals surface area contributed by atoms with Crippen molar-refractivity contribution in [3.63, 3.8) is 0 Å². The minimum absolute atomic E-state index is 0.206. The minimum Gasteiger partial charge on any atom is -0.368 e. The van der Waals surface area contributed by atoms with E-state index in [2.05, 4.69) is 9.97 Å². The lowest BCUT2D eigenvalue weighted by molar-refractivity contribution is 0.602. The number of hydrogen-bond acceptors (Lipinski definition) is 5. The Morgan fingerprint density at radius 1 is 1.11 bits per heavy atom. The summed E-state index contributed by atoms with van der Waals surface area (Å²) in [5.41, 5.74) is 7.83. The van der Waals surface area contributed by atoms with E-state index in [4.69, 9.17) is 5.73 Å². The molecule has 0 saturated carbocycles. The number of sulfone groups is 1. The molecule has 0 aliphatic heterocycles. The third kappa shape index (κ3) is 2.65. The van der Waals surface area contributed by atoms with Crippen molar-refractivity contribution >= 4 is 15.8 Å². The molecule has 5 nitrogen and oxygen atoms in total. The number of aromatic nitrogens is 2. The molecular weight excluding hydrogens is 250 g/mol. The summed E-state index contributed by atoms with van der Waals surface area (Å²) in [6.07, 6.45) is 1.18. The summed E-state index contributed by atoms with van der Waals surface area (Å²) in [6, 6.07) is 8.32. The SMILES string of the molecule is Cc1cc(-c2ccc(S(C)(=O)=O)cc2)nc(N)n1. The van der Waals surface area contributed by atoms with Gasteiger partial charge in [0, 0.05) is 17.5 Å². The number of anilines is 1. The van der Waals surface area contributed by atoms with E-state index >= 15 is 0 Å². The average Bonchev–Trinajstić information content (AvgIpc) is 2.27. The van der Waals surface area contributed by atoms with Gasteiger partial charge in [-0.05, 0) is 25.1 Å². The number of rotatable bonds is 2. The monoisotopic (exact) mass is 263 g/mol. The molecular formula is C12H13N3O2S. The van der Waals surface area contributed by atoms with Crippen LogP contribution in [0.1, 0.15) is 5.69 Å². The smallest absolute Gasteiger partial charge is 0.220 e. The maximum atomic E-state index is 11.3. The van der Waals surface area contributed by atoms with Crippen molar-refractivity contribution < 1.29 is 8.42 Å². The molecule has 2 aromatic rings. The average molecular weight is 263 g/mol. The lowest BCUT2D eigenvalue weighted by Gasteiger charge is -2.04. The van der Waals surface area contributed by atoms with E-state index in [0.717, 1.165) is 11.3 Å². The van der Waals surface area contributed by atoms with E-state index in [1.54, 1.807) is 30.3 Å². The molecule has 1 heterocycles. The molecule has 0 aliphatic rings. The summed E-state index contributed by atoms with van der Waals surface area (Å²) in [4.78, 5) is 8.38. The first-order chi connectivity index (χ1) is 8.36. The summed E-state index contributed by atoms with van der Waals surface area (Å²) in [5, 5.41) is 0. The lowest BCUT2D eigenvalue weighted by atomic mass is 10.1. The van der Waals surface area contributed by atoms with Crippen molar-refractivity contribution in [2.24, 2.45) is 0 Å². The first kappa shape index (κ1) is 12.5. The molecule has 2 rings (SSSR count). The Morgan fingerprint density at radius 2 is 1.72 bits per heavy atom. The van der Waals surface area contributed by atoms with Gasteiger partial charge in [0.1, 0.15) is 0 Å². The predicted molar refractivity (Wildman–Crippen MR) is 69.7 cm³/mol. The van der Waals surface area contributed by atoms with Crippen molar-refractivity contribution in [2.45, 2.75) is 11.8 Å².